The van der Waals surface area contributed by atoms with E-state index in [-0.39, 0.29) is 22.9 Å². The highest BCUT2D eigenvalue weighted by molar-refractivity contribution is 5.96. The van der Waals surface area contributed by atoms with Crippen molar-refractivity contribution in [2.24, 2.45) is 0 Å². The molecule has 0 saturated heterocycles. The Hall–Kier alpha value is -3.31. The lowest BCUT2D eigenvalue weighted by atomic mass is 10.2. The first-order valence-corrected chi connectivity index (χ1v) is 8.70. The molecule has 0 aliphatic heterocycles. The number of nitrogens with one attached hydrogen (secondary N) is 1. The highest BCUT2D eigenvalue weighted by atomic mass is 16.6. The van der Waals surface area contributed by atoms with E-state index in [0.717, 1.165) is 0 Å². The van der Waals surface area contributed by atoms with Gasteiger partial charge in [-0.15, -0.1) is 0 Å². The third-order valence-corrected chi connectivity index (χ3v) is 4.00. The number of anilines is 3. The SMILES string of the molecule is COCCN(CCOC)c1ncnc(Nc2ccccc2C(=O)OC)c1[N+](=O)[O-]. The maximum Gasteiger partial charge on any atom is 0.353 e. The quantitative estimate of drug-likeness (QED) is 0.337. The number of hydrogen-bond acceptors (Lipinski definition) is 10. The number of carbonyl (C=O) groups excluding carboxylic acids is 1. The van der Waals surface area contributed by atoms with E-state index in [9.17, 15) is 14.9 Å². The molecule has 11 heteroatoms. The highest BCUT2D eigenvalue weighted by Gasteiger charge is 2.28. The van der Waals surface area contributed by atoms with E-state index < -0.39 is 10.9 Å². The highest BCUT2D eigenvalue weighted by Crippen LogP contribution is 2.34. The van der Waals surface area contributed by atoms with Crippen LogP contribution in [-0.4, -0.2) is 68.5 Å². The van der Waals surface area contributed by atoms with Crippen LogP contribution in [0.5, 0.6) is 0 Å². The summed E-state index contributed by atoms with van der Waals surface area (Å²) in [6.45, 7) is 1.43. The first kappa shape index (κ1) is 22.0. The molecule has 0 spiro atoms. The number of aromatic nitrogens is 2. The van der Waals surface area contributed by atoms with Crippen molar-refractivity contribution >= 4 is 29.0 Å². The molecule has 0 bridgehead atoms. The van der Waals surface area contributed by atoms with Crippen LogP contribution in [0.1, 0.15) is 10.4 Å². The van der Waals surface area contributed by atoms with Crippen LogP contribution in [-0.2, 0) is 14.2 Å². The summed E-state index contributed by atoms with van der Waals surface area (Å²) < 4.78 is 14.9. The molecule has 156 valence electrons. The molecule has 2 aromatic rings. The molecule has 1 heterocycles. The van der Waals surface area contributed by atoms with Crippen molar-refractivity contribution in [3.8, 4) is 0 Å². The molecular formula is C18H23N5O6. The van der Waals surface area contributed by atoms with Gasteiger partial charge in [0.05, 0.1) is 36.5 Å². The molecule has 29 heavy (non-hydrogen) atoms. The molecule has 0 aliphatic carbocycles. The zero-order valence-corrected chi connectivity index (χ0v) is 16.5. The number of esters is 1. The van der Waals surface area contributed by atoms with Crippen molar-refractivity contribution < 1.29 is 23.9 Å². The Morgan fingerprint density at radius 3 is 2.38 bits per heavy atom. The third-order valence-electron chi connectivity index (χ3n) is 4.00. The van der Waals surface area contributed by atoms with Crippen molar-refractivity contribution in [3.05, 3.63) is 46.3 Å². The molecule has 0 radical (unpaired) electrons. The van der Waals surface area contributed by atoms with Gasteiger partial charge >= 0.3 is 11.7 Å². The normalized spacial score (nSPS) is 10.4. The summed E-state index contributed by atoms with van der Waals surface area (Å²) in [4.78, 5) is 33.1. The van der Waals surface area contributed by atoms with Crippen molar-refractivity contribution in [1.82, 2.24) is 9.97 Å². The van der Waals surface area contributed by atoms with Gasteiger partial charge in [-0.1, -0.05) is 12.1 Å². The monoisotopic (exact) mass is 405 g/mol. The number of carbonyl (C=O) groups is 1. The topological polar surface area (TPSA) is 129 Å². The number of methoxy groups -OCH3 is 3. The minimum atomic E-state index is -0.577. The molecule has 1 N–H and O–H groups in total. The minimum absolute atomic E-state index is 0.0452. The molecule has 1 aromatic carbocycles. The van der Waals surface area contributed by atoms with E-state index in [2.05, 4.69) is 15.3 Å². The maximum absolute atomic E-state index is 12.0. The average molecular weight is 405 g/mol. The van der Waals surface area contributed by atoms with Crippen LogP contribution in [0.2, 0.25) is 0 Å². The van der Waals surface area contributed by atoms with Gasteiger partial charge in [-0.2, -0.15) is 0 Å². The van der Waals surface area contributed by atoms with E-state index in [0.29, 0.717) is 32.0 Å². The fourth-order valence-electron chi connectivity index (χ4n) is 2.59. The van der Waals surface area contributed by atoms with E-state index in [1.165, 1.54) is 13.4 Å². The molecule has 11 nitrogen and oxygen atoms in total. The first-order chi connectivity index (χ1) is 14.0. The molecule has 0 unspecified atom stereocenters. The second-order valence-corrected chi connectivity index (χ2v) is 5.79. The summed E-state index contributed by atoms with van der Waals surface area (Å²) in [7, 11) is 4.34. The van der Waals surface area contributed by atoms with Gasteiger partial charge in [0, 0.05) is 27.3 Å². The summed E-state index contributed by atoms with van der Waals surface area (Å²) in [5, 5.41) is 14.7. The second kappa shape index (κ2) is 10.9. The Morgan fingerprint density at radius 1 is 1.14 bits per heavy atom. The van der Waals surface area contributed by atoms with Crippen LogP contribution in [0.15, 0.2) is 30.6 Å². The zero-order chi connectivity index (χ0) is 21.2. The predicted octanol–water partition coefficient (Wildman–Crippen LogP) is 2.01. The third kappa shape index (κ3) is 5.59. The van der Waals surface area contributed by atoms with Gasteiger partial charge < -0.3 is 24.4 Å². The molecule has 1 aromatic heterocycles. The Labute approximate surface area is 167 Å². The summed E-state index contributed by atoms with van der Waals surface area (Å²) in [5.41, 5.74) is 0.229. The molecule has 0 amide bonds. The Bertz CT molecular complexity index is 839. The van der Waals surface area contributed by atoms with Crippen LogP contribution in [0.25, 0.3) is 0 Å². The van der Waals surface area contributed by atoms with Gasteiger partial charge in [0.1, 0.15) is 6.33 Å². The number of ether oxygens (including phenoxy) is 3. The molecular weight excluding hydrogens is 382 g/mol. The van der Waals surface area contributed by atoms with Crippen molar-refractivity contribution in [1.29, 1.82) is 0 Å². The lowest BCUT2D eigenvalue weighted by Gasteiger charge is -2.23. The molecule has 0 atom stereocenters. The Morgan fingerprint density at radius 2 is 1.79 bits per heavy atom. The van der Waals surface area contributed by atoms with E-state index >= 15 is 0 Å². The first-order valence-electron chi connectivity index (χ1n) is 8.70. The number of hydrogen-bond donors (Lipinski definition) is 1. The van der Waals surface area contributed by atoms with Crippen molar-refractivity contribution in [2.45, 2.75) is 0 Å². The van der Waals surface area contributed by atoms with E-state index in [4.69, 9.17) is 14.2 Å². The summed E-state index contributed by atoms with van der Waals surface area (Å²) in [6.07, 6.45) is 1.22. The standard InChI is InChI=1S/C18H23N5O6/c1-27-10-8-22(9-11-28-2)17-15(23(25)26)16(19-12-20-17)21-14-7-5-4-6-13(14)18(24)29-3/h4-7,12H,8-11H2,1-3H3,(H,19,20,21). The zero-order valence-electron chi connectivity index (χ0n) is 16.5. The van der Waals surface area contributed by atoms with Crippen molar-refractivity contribution in [3.63, 3.8) is 0 Å². The lowest BCUT2D eigenvalue weighted by molar-refractivity contribution is -0.383. The lowest BCUT2D eigenvalue weighted by Crippen LogP contribution is -2.32. The number of benzene rings is 1. The fraction of sp³-hybridized carbons (Fsp3) is 0.389. The average Bonchev–Trinajstić information content (AvgIpc) is 2.73. The number of para-hydroxylation sites is 1. The minimum Gasteiger partial charge on any atom is -0.465 e. The predicted molar refractivity (Wildman–Crippen MR) is 106 cm³/mol. The van der Waals surface area contributed by atoms with Crippen LogP contribution in [0.3, 0.4) is 0 Å². The second-order valence-electron chi connectivity index (χ2n) is 5.79. The van der Waals surface area contributed by atoms with Gasteiger partial charge in [-0.3, -0.25) is 10.1 Å². The molecule has 0 aliphatic rings. The van der Waals surface area contributed by atoms with Gasteiger partial charge in [-0.25, -0.2) is 14.8 Å². The summed E-state index contributed by atoms with van der Waals surface area (Å²) in [5.74, 6) is -0.500. The summed E-state index contributed by atoms with van der Waals surface area (Å²) in [6, 6.07) is 6.50. The number of rotatable bonds is 11. The van der Waals surface area contributed by atoms with Gasteiger partial charge in [0.25, 0.3) is 0 Å². The van der Waals surface area contributed by atoms with Gasteiger partial charge in [0.15, 0.2) is 0 Å². The number of nitro groups is 1. The fourth-order valence-corrected chi connectivity index (χ4v) is 2.59. The molecule has 2 rings (SSSR count). The molecule has 0 saturated carbocycles. The van der Waals surface area contributed by atoms with Gasteiger partial charge in [0.2, 0.25) is 11.6 Å². The number of nitrogens with zero attached hydrogens (tertiary/aromatic N) is 4. The van der Waals surface area contributed by atoms with Gasteiger partial charge in [-0.05, 0) is 12.1 Å². The Kier molecular flexibility index (Phi) is 8.25. The van der Waals surface area contributed by atoms with Crippen LogP contribution >= 0.6 is 0 Å². The Balaban J connectivity index is 2.48. The maximum atomic E-state index is 12.0. The summed E-state index contributed by atoms with van der Waals surface area (Å²) >= 11 is 0. The van der Waals surface area contributed by atoms with Crippen LogP contribution in [0.4, 0.5) is 23.0 Å². The molecule has 0 fully saturated rings. The smallest absolute Gasteiger partial charge is 0.353 e. The van der Waals surface area contributed by atoms with Crippen molar-refractivity contribution in [2.75, 3.05) is 57.8 Å². The van der Waals surface area contributed by atoms with E-state index in [1.807, 2.05) is 0 Å². The van der Waals surface area contributed by atoms with Crippen LogP contribution in [0, 0.1) is 10.1 Å². The van der Waals surface area contributed by atoms with E-state index in [1.54, 1.807) is 43.4 Å². The largest absolute Gasteiger partial charge is 0.465 e. The van der Waals surface area contributed by atoms with Crippen LogP contribution < -0.4 is 10.2 Å².